The van der Waals surface area contributed by atoms with Gasteiger partial charge in [0.1, 0.15) is 0 Å². The average molecular weight is 282 g/mol. The molecule has 1 unspecified atom stereocenters. The molecule has 4 nitrogen and oxygen atoms in total. The van der Waals surface area contributed by atoms with Crippen LogP contribution in [0.2, 0.25) is 0 Å². The Morgan fingerprint density at radius 1 is 1.15 bits per heavy atom. The van der Waals surface area contributed by atoms with Gasteiger partial charge in [-0.05, 0) is 32.7 Å². The largest absolute Gasteiger partial charge is 0.345 e. The lowest BCUT2D eigenvalue weighted by Gasteiger charge is -2.27. The van der Waals surface area contributed by atoms with Gasteiger partial charge < -0.3 is 5.32 Å². The Kier molecular flexibility index (Phi) is 7.20. The fraction of sp³-hybridized carbons (Fsp3) is 0.875. The lowest BCUT2D eigenvalue weighted by Crippen LogP contribution is -2.48. The van der Waals surface area contributed by atoms with Gasteiger partial charge in [-0.3, -0.25) is 14.5 Å². The van der Waals surface area contributed by atoms with E-state index in [1.807, 2.05) is 20.9 Å². The molecular weight excluding hydrogens is 252 g/mol. The number of hydrogen-bond acceptors (Lipinski definition) is 3. The normalized spacial score (nSPS) is 18.9. The summed E-state index contributed by atoms with van der Waals surface area (Å²) in [6.45, 7) is 5.85. The van der Waals surface area contributed by atoms with Crippen molar-refractivity contribution in [1.82, 2.24) is 10.2 Å². The molecule has 0 aromatic heterocycles. The van der Waals surface area contributed by atoms with Crippen molar-refractivity contribution < 1.29 is 9.59 Å². The van der Waals surface area contributed by atoms with Gasteiger partial charge in [0.15, 0.2) is 5.78 Å². The predicted molar refractivity (Wildman–Crippen MR) is 81.6 cm³/mol. The van der Waals surface area contributed by atoms with Crippen molar-refractivity contribution in [2.45, 2.75) is 71.4 Å². The van der Waals surface area contributed by atoms with E-state index in [0.29, 0.717) is 12.6 Å². The van der Waals surface area contributed by atoms with Crippen LogP contribution in [0.1, 0.15) is 59.3 Å². The van der Waals surface area contributed by atoms with Gasteiger partial charge in [0.2, 0.25) is 5.91 Å². The first-order valence-corrected chi connectivity index (χ1v) is 7.92. The van der Waals surface area contributed by atoms with Crippen molar-refractivity contribution in [3.8, 4) is 0 Å². The summed E-state index contributed by atoms with van der Waals surface area (Å²) in [5.74, 6) is 0.135. The van der Waals surface area contributed by atoms with Crippen molar-refractivity contribution in [2.24, 2.45) is 5.92 Å². The summed E-state index contributed by atoms with van der Waals surface area (Å²) in [4.78, 5) is 25.8. The summed E-state index contributed by atoms with van der Waals surface area (Å²) in [6, 6.07) is 0.156. The number of Topliss-reactive ketones (excluding diaryl/α,β-unsaturated/α-hetero) is 1. The van der Waals surface area contributed by atoms with Crippen LogP contribution in [0.4, 0.5) is 0 Å². The maximum atomic E-state index is 12.1. The molecule has 1 N–H and O–H groups in total. The summed E-state index contributed by atoms with van der Waals surface area (Å²) >= 11 is 0. The number of rotatable bonds is 6. The minimum Gasteiger partial charge on any atom is -0.345 e. The van der Waals surface area contributed by atoms with Gasteiger partial charge in [-0.2, -0.15) is 0 Å². The highest BCUT2D eigenvalue weighted by Crippen LogP contribution is 2.20. The predicted octanol–water partition coefficient (Wildman–Crippen LogP) is 2.37. The molecule has 0 aromatic rings. The van der Waals surface area contributed by atoms with Crippen LogP contribution in [0.5, 0.6) is 0 Å². The van der Waals surface area contributed by atoms with Gasteiger partial charge in [0.05, 0.1) is 12.6 Å². The molecule has 1 saturated carbocycles. The fourth-order valence-electron chi connectivity index (χ4n) is 3.01. The second-order valence-corrected chi connectivity index (χ2v) is 6.46. The van der Waals surface area contributed by atoms with E-state index in [2.05, 4.69) is 10.2 Å². The van der Waals surface area contributed by atoms with E-state index in [1.165, 1.54) is 38.5 Å². The lowest BCUT2D eigenvalue weighted by atomic mass is 10.0. The van der Waals surface area contributed by atoms with Crippen LogP contribution in [0, 0.1) is 5.92 Å². The van der Waals surface area contributed by atoms with Crippen LogP contribution in [-0.4, -0.2) is 42.3 Å². The van der Waals surface area contributed by atoms with E-state index in [9.17, 15) is 9.59 Å². The molecule has 1 fully saturated rings. The number of carbonyl (C=O) groups is 2. The number of hydrogen-bond donors (Lipinski definition) is 1. The molecule has 1 aliphatic carbocycles. The van der Waals surface area contributed by atoms with E-state index >= 15 is 0 Å². The Balaban J connectivity index is 2.45. The third-order valence-corrected chi connectivity index (χ3v) is 4.26. The molecule has 1 amide bonds. The molecule has 0 radical (unpaired) electrons. The van der Waals surface area contributed by atoms with Crippen molar-refractivity contribution >= 4 is 11.7 Å². The zero-order valence-electron chi connectivity index (χ0n) is 13.4. The van der Waals surface area contributed by atoms with Gasteiger partial charge in [0, 0.05) is 6.04 Å². The molecule has 0 heterocycles. The topological polar surface area (TPSA) is 49.4 Å². The first-order valence-electron chi connectivity index (χ1n) is 7.92. The van der Waals surface area contributed by atoms with Gasteiger partial charge in [-0.25, -0.2) is 0 Å². The highest BCUT2D eigenvalue weighted by atomic mass is 16.2. The summed E-state index contributed by atoms with van der Waals surface area (Å²) < 4.78 is 0. The van der Waals surface area contributed by atoms with E-state index in [4.69, 9.17) is 0 Å². The standard InChI is InChI=1S/C16H30N2O2/c1-12(2)16(13(3)19)17-15(20)11-18(4)14-9-7-5-6-8-10-14/h12,14,16H,5-11H2,1-4H3,(H,17,20). The smallest absolute Gasteiger partial charge is 0.234 e. The minimum absolute atomic E-state index is 0.0328. The first kappa shape index (κ1) is 17.2. The molecule has 1 rings (SSSR count). The molecule has 0 bridgehead atoms. The van der Waals surface area contributed by atoms with Crippen LogP contribution >= 0.6 is 0 Å². The van der Waals surface area contributed by atoms with Crippen LogP contribution < -0.4 is 5.32 Å². The Bertz CT molecular complexity index is 320. The van der Waals surface area contributed by atoms with Crippen molar-refractivity contribution in [3.05, 3.63) is 0 Å². The Hall–Kier alpha value is -0.900. The van der Waals surface area contributed by atoms with E-state index in [1.54, 1.807) is 6.92 Å². The van der Waals surface area contributed by atoms with E-state index in [-0.39, 0.29) is 23.7 Å². The molecular formula is C16H30N2O2. The summed E-state index contributed by atoms with van der Waals surface area (Å²) in [7, 11) is 2.02. The van der Waals surface area contributed by atoms with Crippen LogP contribution in [0.25, 0.3) is 0 Å². The quantitative estimate of drug-likeness (QED) is 0.761. The van der Waals surface area contributed by atoms with E-state index in [0.717, 1.165) is 0 Å². The highest BCUT2D eigenvalue weighted by Gasteiger charge is 2.23. The number of carbonyl (C=O) groups excluding carboxylic acids is 2. The number of nitrogens with zero attached hydrogens (tertiary/aromatic N) is 1. The van der Waals surface area contributed by atoms with Crippen molar-refractivity contribution in [3.63, 3.8) is 0 Å². The zero-order chi connectivity index (χ0) is 15.1. The maximum absolute atomic E-state index is 12.1. The summed E-state index contributed by atoms with van der Waals surface area (Å²) in [6.07, 6.45) is 7.53. The molecule has 1 atom stereocenters. The Labute approximate surface area is 123 Å². The molecule has 1 aliphatic rings. The summed E-state index contributed by atoms with van der Waals surface area (Å²) in [5, 5.41) is 2.87. The number of amides is 1. The molecule has 20 heavy (non-hydrogen) atoms. The third kappa shape index (κ3) is 5.61. The fourth-order valence-corrected chi connectivity index (χ4v) is 3.01. The van der Waals surface area contributed by atoms with Gasteiger partial charge in [-0.1, -0.05) is 39.5 Å². The average Bonchev–Trinajstić information content (AvgIpc) is 2.63. The molecule has 0 spiro atoms. The third-order valence-electron chi connectivity index (χ3n) is 4.26. The Morgan fingerprint density at radius 3 is 2.15 bits per heavy atom. The van der Waals surface area contributed by atoms with Crippen molar-refractivity contribution in [1.29, 1.82) is 0 Å². The number of likely N-dealkylation sites (N-methyl/N-ethyl adjacent to an activating group) is 1. The molecule has 4 heteroatoms. The van der Waals surface area contributed by atoms with Gasteiger partial charge >= 0.3 is 0 Å². The second-order valence-electron chi connectivity index (χ2n) is 6.46. The van der Waals surface area contributed by atoms with Crippen LogP contribution in [0.3, 0.4) is 0 Å². The SMILES string of the molecule is CC(=O)C(NC(=O)CN(C)C1CCCCCC1)C(C)C. The number of ketones is 1. The van der Waals surface area contributed by atoms with E-state index < -0.39 is 0 Å². The summed E-state index contributed by atoms with van der Waals surface area (Å²) in [5.41, 5.74) is 0. The molecule has 0 aliphatic heterocycles. The maximum Gasteiger partial charge on any atom is 0.234 e. The van der Waals surface area contributed by atoms with Crippen molar-refractivity contribution in [2.75, 3.05) is 13.6 Å². The lowest BCUT2D eigenvalue weighted by molar-refractivity contribution is -0.128. The first-order chi connectivity index (χ1) is 9.41. The van der Waals surface area contributed by atoms with Crippen LogP contribution in [-0.2, 0) is 9.59 Å². The van der Waals surface area contributed by atoms with Gasteiger partial charge in [-0.15, -0.1) is 0 Å². The Morgan fingerprint density at radius 2 is 1.70 bits per heavy atom. The minimum atomic E-state index is -0.356. The molecule has 116 valence electrons. The highest BCUT2D eigenvalue weighted by molar-refractivity contribution is 5.88. The van der Waals surface area contributed by atoms with Crippen LogP contribution in [0.15, 0.2) is 0 Å². The number of nitrogens with one attached hydrogen (secondary N) is 1. The second kappa shape index (κ2) is 8.40. The monoisotopic (exact) mass is 282 g/mol. The zero-order valence-corrected chi connectivity index (χ0v) is 13.4. The van der Waals surface area contributed by atoms with Gasteiger partial charge in [0.25, 0.3) is 0 Å². The molecule has 0 aromatic carbocycles. The molecule has 0 saturated heterocycles.